The quantitative estimate of drug-likeness (QED) is 0.326. The van der Waals surface area contributed by atoms with Gasteiger partial charge in [-0.25, -0.2) is 0 Å². The summed E-state index contributed by atoms with van der Waals surface area (Å²) in [4.78, 5) is 11.8. The van der Waals surface area contributed by atoms with Gasteiger partial charge in [-0.1, -0.05) is 35.0 Å². The zero-order valence-corrected chi connectivity index (χ0v) is 11.6. The first-order valence-electron chi connectivity index (χ1n) is 6.19. The molecule has 1 aromatic rings. The zero-order chi connectivity index (χ0) is 14.5. The van der Waals surface area contributed by atoms with Gasteiger partial charge in [-0.2, -0.15) is 0 Å². The van der Waals surface area contributed by atoms with Crippen LogP contribution in [0.25, 0.3) is 0 Å². The molecule has 0 saturated carbocycles. The molecule has 1 rings (SSSR count). The number of nitrogens with zero attached hydrogens (tertiary/aromatic N) is 1. The number of hydrogen-bond acceptors (Lipinski definition) is 3. The summed E-state index contributed by atoms with van der Waals surface area (Å²) in [5, 5.41) is 14.3. The number of amides is 1. The van der Waals surface area contributed by atoms with E-state index in [9.17, 15) is 4.79 Å². The molecule has 0 radical (unpaired) electrons. The van der Waals surface area contributed by atoms with Gasteiger partial charge in [0.05, 0.1) is 5.54 Å². The Labute approximate surface area is 113 Å². The Balaban J connectivity index is 2.53. The maximum atomic E-state index is 11.8. The number of hydrogen-bond donors (Lipinski definition) is 3. The highest BCUT2D eigenvalue weighted by atomic mass is 16.4. The van der Waals surface area contributed by atoms with Gasteiger partial charge in [-0.15, -0.1) is 0 Å². The third-order valence-electron chi connectivity index (χ3n) is 2.92. The van der Waals surface area contributed by atoms with Crippen molar-refractivity contribution in [3.8, 4) is 0 Å². The molecular formula is C14H21N3O2. The van der Waals surface area contributed by atoms with Crippen molar-refractivity contribution in [2.24, 2.45) is 10.9 Å². The maximum Gasteiger partial charge on any atom is 0.221 e. The summed E-state index contributed by atoms with van der Waals surface area (Å²) in [6.07, 6.45) is 1.03. The lowest BCUT2D eigenvalue weighted by atomic mass is 10.0. The fourth-order valence-electron chi connectivity index (χ4n) is 1.73. The van der Waals surface area contributed by atoms with Gasteiger partial charge < -0.3 is 16.3 Å². The van der Waals surface area contributed by atoms with E-state index in [0.717, 1.165) is 5.56 Å². The number of nitrogens with one attached hydrogen (secondary N) is 1. The van der Waals surface area contributed by atoms with E-state index < -0.39 is 5.54 Å². The number of rotatable bonds is 5. The smallest absolute Gasteiger partial charge is 0.221 e. The van der Waals surface area contributed by atoms with E-state index in [1.54, 1.807) is 13.8 Å². The average molecular weight is 263 g/mol. The minimum Gasteiger partial charge on any atom is -0.409 e. The monoisotopic (exact) mass is 263 g/mol. The van der Waals surface area contributed by atoms with Crippen LogP contribution in [0, 0.1) is 6.92 Å². The summed E-state index contributed by atoms with van der Waals surface area (Å²) in [6.45, 7) is 5.39. The standard InChI is InChI=1S/C14H21N3O2/c1-10-5-4-6-11(9-10)7-8-12(18)16-14(2,3)13(15)17-19/h4-6,9,19H,7-8H2,1-3H3,(H2,15,17)(H,16,18). The van der Waals surface area contributed by atoms with E-state index in [1.807, 2.05) is 25.1 Å². The number of oxime groups is 1. The van der Waals surface area contributed by atoms with Crippen LogP contribution in [0.15, 0.2) is 29.4 Å². The Morgan fingerprint density at radius 2 is 2.16 bits per heavy atom. The van der Waals surface area contributed by atoms with Crippen LogP contribution in [-0.4, -0.2) is 22.5 Å². The summed E-state index contributed by atoms with van der Waals surface area (Å²) in [5.41, 5.74) is 6.96. The number of carbonyl (C=O) groups is 1. The van der Waals surface area contributed by atoms with Gasteiger partial charge in [-0.3, -0.25) is 4.79 Å². The third kappa shape index (κ3) is 4.62. The zero-order valence-electron chi connectivity index (χ0n) is 11.6. The van der Waals surface area contributed by atoms with Crippen molar-refractivity contribution in [1.82, 2.24) is 5.32 Å². The number of aryl methyl sites for hydroxylation is 2. The summed E-state index contributed by atoms with van der Waals surface area (Å²) < 4.78 is 0. The molecule has 1 amide bonds. The number of nitrogens with two attached hydrogens (primary N) is 1. The molecule has 5 nitrogen and oxygen atoms in total. The molecule has 5 heteroatoms. The first-order valence-corrected chi connectivity index (χ1v) is 6.19. The van der Waals surface area contributed by atoms with Crippen molar-refractivity contribution in [2.45, 2.75) is 39.2 Å². The molecule has 0 aliphatic heterocycles. The molecule has 0 aliphatic carbocycles. The van der Waals surface area contributed by atoms with Crippen LogP contribution < -0.4 is 11.1 Å². The molecular weight excluding hydrogens is 242 g/mol. The average Bonchev–Trinajstić information content (AvgIpc) is 2.35. The van der Waals surface area contributed by atoms with Gasteiger partial charge >= 0.3 is 0 Å². The summed E-state index contributed by atoms with van der Waals surface area (Å²) in [5.74, 6) is -0.144. The second-order valence-electron chi connectivity index (χ2n) is 5.15. The van der Waals surface area contributed by atoms with Gasteiger partial charge in [0, 0.05) is 6.42 Å². The minimum absolute atomic E-state index is 0.0172. The van der Waals surface area contributed by atoms with E-state index in [1.165, 1.54) is 5.56 Å². The first-order chi connectivity index (χ1) is 8.85. The molecule has 0 spiro atoms. The summed E-state index contributed by atoms with van der Waals surface area (Å²) in [7, 11) is 0. The van der Waals surface area contributed by atoms with Crippen LogP contribution in [0.1, 0.15) is 31.4 Å². The Morgan fingerprint density at radius 1 is 1.47 bits per heavy atom. The van der Waals surface area contributed by atoms with Crippen molar-refractivity contribution in [2.75, 3.05) is 0 Å². The molecule has 0 heterocycles. The van der Waals surface area contributed by atoms with E-state index >= 15 is 0 Å². The fourth-order valence-corrected chi connectivity index (χ4v) is 1.73. The summed E-state index contributed by atoms with van der Waals surface area (Å²) in [6, 6.07) is 8.05. The van der Waals surface area contributed by atoms with Crippen molar-refractivity contribution < 1.29 is 10.0 Å². The fraction of sp³-hybridized carbons (Fsp3) is 0.429. The van der Waals surface area contributed by atoms with Crippen molar-refractivity contribution in [3.05, 3.63) is 35.4 Å². The second kappa shape index (κ2) is 6.22. The van der Waals surface area contributed by atoms with Crippen molar-refractivity contribution in [3.63, 3.8) is 0 Å². The highest BCUT2D eigenvalue weighted by Crippen LogP contribution is 2.08. The Morgan fingerprint density at radius 3 is 2.74 bits per heavy atom. The predicted octanol–water partition coefficient (Wildman–Crippen LogP) is 1.57. The van der Waals surface area contributed by atoms with Crippen LogP contribution in [0.3, 0.4) is 0 Å². The molecule has 4 N–H and O–H groups in total. The van der Waals surface area contributed by atoms with Crippen molar-refractivity contribution in [1.29, 1.82) is 0 Å². The molecule has 0 fully saturated rings. The second-order valence-corrected chi connectivity index (χ2v) is 5.15. The van der Waals surface area contributed by atoms with Gasteiger partial charge in [0.25, 0.3) is 0 Å². The van der Waals surface area contributed by atoms with Crippen LogP contribution in [-0.2, 0) is 11.2 Å². The topological polar surface area (TPSA) is 87.7 Å². The normalized spacial score (nSPS) is 12.3. The highest BCUT2D eigenvalue weighted by Gasteiger charge is 2.25. The van der Waals surface area contributed by atoms with E-state index in [0.29, 0.717) is 12.8 Å². The Hall–Kier alpha value is -2.04. The van der Waals surface area contributed by atoms with Gasteiger partial charge in [-0.05, 0) is 32.8 Å². The lowest BCUT2D eigenvalue weighted by molar-refractivity contribution is -0.122. The number of benzene rings is 1. The van der Waals surface area contributed by atoms with E-state index in [4.69, 9.17) is 10.9 Å². The van der Waals surface area contributed by atoms with Gasteiger partial charge in [0.1, 0.15) is 0 Å². The molecule has 0 atom stereocenters. The minimum atomic E-state index is -0.849. The summed E-state index contributed by atoms with van der Waals surface area (Å²) >= 11 is 0. The lowest BCUT2D eigenvalue weighted by Crippen LogP contribution is -2.53. The van der Waals surface area contributed by atoms with Crippen molar-refractivity contribution >= 4 is 11.7 Å². The van der Waals surface area contributed by atoms with Gasteiger partial charge in [0.2, 0.25) is 5.91 Å². The van der Waals surface area contributed by atoms with Crippen LogP contribution in [0.4, 0.5) is 0 Å². The number of amidine groups is 1. The maximum absolute atomic E-state index is 11.8. The SMILES string of the molecule is Cc1cccc(CCC(=O)NC(C)(C)C(N)=NO)c1. The molecule has 0 bridgehead atoms. The van der Waals surface area contributed by atoms with Crippen LogP contribution >= 0.6 is 0 Å². The molecule has 0 aliphatic rings. The molecule has 0 aromatic heterocycles. The van der Waals surface area contributed by atoms with Crippen LogP contribution in [0.2, 0.25) is 0 Å². The molecule has 19 heavy (non-hydrogen) atoms. The highest BCUT2D eigenvalue weighted by molar-refractivity contribution is 5.93. The Bertz CT molecular complexity index is 481. The molecule has 1 aromatic carbocycles. The third-order valence-corrected chi connectivity index (χ3v) is 2.92. The van der Waals surface area contributed by atoms with Crippen LogP contribution in [0.5, 0.6) is 0 Å². The van der Waals surface area contributed by atoms with E-state index in [2.05, 4.69) is 16.5 Å². The first kappa shape index (κ1) is 15.0. The lowest BCUT2D eigenvalue weighted by Gasteiger charge is -2.24. The van der Waals surface area contributed by atoms with Gasteiger partial charge in [0.15, 0.2) is 5.84 Å². The molecule has 104 valence electrons. The number of carbonyl (C=O) groups excluding carboxylic acids is 1. The molecule has 0 unspecified atom stereocenters. The predicted molar refractivity (Wildman–Crippen MR) is 75.1 cm³/mol. The Kier molecular flexibility index (Phi) is 4.92. The largest absolute Gasteiger partial charge is 0.409 e. The van der Waals surface area contributed by atoms with E-state index in [-0.39, 0.29) is 11.7 Å². The molecule has 0 saturated heterocycles.